The molecule has 1 aliphatic rings. The molecule has 0 saturated heterocycles. The van der Waals surface area contributed by atoms with Gasteiger partial charge in [0.2, 0.25) is 0 Å². The third kappa shape index (κ3) is 4.18. The second kappa shape index (κ2) is 10.8. The molecule has 6 aromatic carbocycles. The molecule has 9 aromatic rings. The van der Waals surface area contributed by atoms with E-state index >= 15 is 0 Å². The van der Waals surface area contributed by atoms with Crippen molar-refractivity contribution in [1.82, 2.24) is 26.2 Å². The Morgan fingerprint density at radius 2 is 0.980 bits per heavy atom. The number of fused-ring (bicyclic) bond motifs is 6. The van der Waals surface area contributed by atoms with E-state index in [1.807, 2.05) is 30.3 Å². The van der Waals surface area contributed by atoms with E-state index in [0.717, 1.165) is 66.9 Å². The lowest BCUT2D eigenvalue weighted by molar-refractivity contribution is 0.662. The van der Waals surface area contributed by atoms with E-state index in [-0.39, 0.29) is 5.41 Å². The molecule has 10 heteroatoms. The average molecular weight is 688 g/mol. The van der Waals surface area contributed by atoms with Crippen molar-refractivity contribution in [3.8, 4) is 33.4 Å². The van der Waals surface area contributed by atoms with E-state index in [9.17, 15) is 0 Å². The summed E-state index contributed by atoms with van der Waals surface area (Å²) in [4.78, 5) is 2.21. The van der Waals surface area contributed by atoms with Crippen LogP contribution in [0.1, 0.15) is 25.0 Å². The molecule has 0 spiro atoms. The highest BCUT2D eigenvalue weighted by Gasteiger charge is 2.38. The van der Waals surface area contributed by atoms with Gasteiger partial charge < -0.3 is 4.90 Å². The Morgan fingerprint density at radius 3 is 1.76 bits per heavy atom. The van der Waals surface area contributed by atoms with E-state index in [1.54, 1.807) is 0 Å². The van der Waals surface area contributed by atoms with Crippen LogP contribution in [-0.2, 0) is 5.41 Å². The van der Waals surface area contributed by atoms with Gasteiger partial charge in [-0.05, 0) is 69.8 Å². The molecule has 49 heavy (non-hydrogen) atoms. The second-order valence-corrected chi connectivity index (χ2v) is 14.3. The molecule has 1 aliphatic carbocycles. The Balaban J connectivity index is 1.22. The van der Waals surface area contributed by atoms with Gasteiger partial charge in [0, 0.05) is 16.5 Å². The van der Waals surface area contributed by atoms with Crippen LogP contribution in [0, 0.1) is 0 Å². The fourth-order valence-corrected chi connectivity index (χ4v) is 9.25. The van der Waals surface area contributed by atoms with Crippen molar-refractivity contribution in [1.29, 1.82) is 0 Å². The van der Waals surface area contributed by atoms with E-state index in [4.69, 9.17) is 21.9 Å². The van der Waals surface area contributed by atoms with Gasteiger partial charge in [0.25, 0.3) is 0 Å². The number of nitrogens with zero attached hydrogens (tertiary/aromatic N) is 7. The number of hydrogen-bond donors (Lipinski definition) is 0. The van der Waals surface area contributed by atoms with Gasteiger partial charge >= 0.3 is 0 Å². The minimum atomic E-state index is -0.167. The molecule has 0 atom stereocenters. The predicted molar refractivity (Wildman–Crippen MR) is 202 cm³/mol. The topological polar surface area (TPSA) is 80.6 Å². The SMILES string of the molecule is CC1(C)c2ccccc2-c2cccc(-c3ccc(N(c4cccc5nsnc45)c4ccc(-c5ccccc5)c5nsnc45)c4nsnc34)c21. The summed E-state index contributed by atoms with van der Waals surface area (Å²) in [6.07, 6.45) is 0. The molecule has 7 nitrogen and oxygen atoms in total. The fraction of sp³-hybridized carbons (Fsp3) is 0.0769. The van der Waals surface area contributed by atoms with Crippen LogP contribution in [-0.4, -0.2) is 26.2 Å². The van der Waals surface area contributed by atoms with Crippen molar-refractivity contribution in [2.24, 2.45) is 0 Å². The zero-order valence-electron chi connectivity index (χ0n) is 26.3. The lowest BCUT2D eigenvalue weighted by Crippen LogP contribution is -2.16. The number of benzene rings is 6. The van der Waals surface area contributed by atoms with Gasteiger partial charge in [0.1, 0.15) is 33.1 Å². The molecule has 0 amide bonds. The number of aromatic nitrogens is 6. The van der Waals surface area contributed by atoms with Gasteiger partial charge in [0.15, 0.2) is 0 Å². The maximum Gasteiger partial charge on any atom is 0.129 e. The molecule has 0 radical (unpaired) electrons. The predicted octanol–water partition coefficient (Wildman–Crippen LogP) is 10.8. The third-order valence-electron chi connectivity index (χ3n) is 9.73. The third-order valence-corrected chi connectivity index (χ3v) is 11.3. The number of hydrogen-bond acceptors (Lipinski definition) is 10. The zero-order valence-corrected chi connectivity index (χ0v) is 28.8. The van der Waals surface area contributed by atoms with Crippen molar-refractivity contribution in [2.45, 2.75) is 19.3 Å². The van der Waals surface area contributed by atoms with Gasteiger partial charge in [-0.25, -0.2) is 0 Å². The second-order valence-electron chi connectivity index (χ2n) is 12.7. The van der Waals surface area contributed by atoms with Gasteiger partial charge in [0.05, 0.1) is 52.2 Å². The Hall–Kier alpha value is -5.42. The Kier molecular flexibility index (Phi) is 6.30. The molecule has 0 bridgehead atoms. The van der Waals surface area contributed by atoms with Gasteiger partial charge in [-0.15, -0.1) is 0 Å². The summed E-state index contributed by atoms with van der Waals surface area (Å²) < 4.78 is 28.9. The van der Waals surface area contributed by atoms with Crippen molar-refractivity contribution in [3.05, 3.63) is 126 Å². The van der Waals surface area contributed by atoms with Gasteiger partial charge in [-0.1, -0.05) is 92.7 Å². The smallest absolute Gasteiger partial charge is 0.129 e. The van der Waals surface area contributed by atoms with Crippen LogP contribution in [0.5, 0.6) is 0 Å². The van der Waals surface area contributed by atoms with Crippen molar-refractivity contribution in [3.63, 3.8) is 0 Å². The van der Waals surface area contributed by atoms with E-state index in [0.29, 0.717) is 0 Å². The summed E-state index contributed by atoms with van der Waals surface area (Å²) in [7, 11) is 0. The molecular formula is C39H25N7S3. The first-order valence-electron chi connectivity index (χ1n) is 15.9. The Bertz CT molecular complexity index is 2730. The van der Waals surface area contributed by atoms with Gasteiger partial charge in [-0.2, -0.15) is 26.2 Å². The van der Waals surface area contributed by atoms with Crippen molar-refractivity contribution >= 4 is 85.3 Å². The van der Waals surface area contributed by atoms with Crippen LogP contribution in [0.3, 0.4) is 0 Å². The van der Waals surface area contributed by atoms with E-state index < -0.39 is 0 Å². The van der Waals surface area contributed by atoms with Crippen LogP contribution in [0.15, 0.2) is 115 Å². The number of anilines is 3. The highest BCUT2D eigenvalue weighted by molar-refractivity contribution is 7.00. The molecule has 10 rings (SSSR count). The van der Waals surface area contributed by atoms with Crippen LogP contribution in [0.2, 0.25) is 0 Å². The standard InChI is InChI=1S/C39H25N7S3/c1-39(2)28-15-7-6-12-24(28)25-13-8-14-26(33(25)39)27-19-21-32(38-35(27)42-49-45-38)46(30-17-9-16-29-36(30)43-47-40-29)31-20-18-23(22-10-4-3-5-11-22)34-37(31)44-48-41-34/h3-21H,1-2H3. The molecule has 0 aliphatic heterocycles. The first-order valence-corrected chi connectivity index (χ1v) is 18.1. The van der Waals surface area contributed by atoms with Gasteiger partial charge in [-0.3, -0.25) is 0 Å². The quantitative estimate of drug-likeness (QED) is 0.178. The first-order chi connectivity index (χ1) is 24.1. The van der Waals surface area contributed by atoms with E-state index in [2.05, 4.69) is 108 Å². The number of rotatable bonds is 5. The Morgan fingerprint density at radius 1 is 0.429 bits per heavy atom. The molecule has 3 heterocycles. The molecule has 3 aromatic heterocycles. The molecule has 0 saturated carbocycles. The summed E-state index contributed by atoms with van der Waals surface area (Å²) in [5.74, 6) is 0. The molecule has 234 valence electrons. The normalized spacial score (nSPS) is 13.3. The fourth-order valence-electron chi connectivity index (χ4n) is 7.57. The lowest BCUT2D eigenvalue weighted by atomic mass is 9.78. The summed E-state index contributed by atoms with van der Waals surface area (Å²) in [6.45, 7) is 4.64. The monoisotopic (exact) mass is 687 g/mol. The molecule has 0 fully saturated rings. The van der Waals surface area contributed by atoms with Crippen LogP contribution in [0.25, 0.3) is 66.5 Å². The maximum absolute atomic E-state index is 4.97. The van der Waals surface area contributed by atoms with Crippen LogP contribution in [0.4, 0.5) is 17.1 Å². The summed E-state index contributed by atoms with van der Waals surface area (Å²) in [6, 6.07) is 40.5. The minimum Gasteiger partial charge on any atom is -0.304 e. The van der Waals surface area contributed by atoms with Crippen molar-refractivity contribution in [2.75, 3.05) is 4.90 Å². The minimum absolute atomic E-state index is 0.167. The highest BCUT2D eigenvalue weighted by Crippen LogP contribution is 2.53. The summed E-state index contributed by atoms with van der Waals surface area (Å²) in [5.41, 5.74) is 17.1. The van der Waals surface area contributed by atoms with Crippen LogP contribution < -0.4 is 4.90 Å². The first kappa shape index (κ1) is 28.6. The van der Waals surface area contributed by atoms with Crippen molar-refractivity contribution < 1.29 is 0 Å². The highest BCUT2D eigenvalue weighted by atomic mass is 32.1. The largest absolute Gasteiger partial charge is 0.304 e. The maximum atomic E-state index is 4.97. The Labute approximate surface area is 294 Å². The van der Waals surface area contributed by atoms with E-state index in [1.165, 1.54) is 63.0 Å². The zero-order chi connectivity index (χ0) is 32.7. The molecule has 0 N–H and O–H groups in total. The molecule has 0 unspecified atom stereocenters. The average Bonchev–Trinajstić information content (AvgIpc) is 3.96. The van der Waals surface area contributed by atoms with Crippen LogP contribution >= 0.6 is 35.2 Å². The molecular weight excluding hydrogens is 663 g/mol. The summed E-state index contributed by atoms with van der Waals surface area (Å²) >= 11 is 3.67. The summed E-state index contributed by atoms with van der Waals surface area (Å²) in [5, 5.41) is 0. The lowest BCUT2D eigenvalue weighted by Gasteiger charge is -2.27.